The molecule has 1 aliphatic carbocycles. The molecule has 1 saturated carbocycles. The summed E-state index contributed by atoms with van der Waals surface area (Å²) in [7, 11) is 0. The standard InChI is InChI=1S/C24H28N2O2/c1-17-7-9-19(10-8-17)24(11-12-24)23(27)25-20-13-21-16-28-22(15-26(21)14-20)18-5-3-2-4-6-18/h2-10,20-22H,11-16H2,1H3,(H,25,27)/t20-,21-,22+/m0/s1. The van der Waals surface area contributed by atoms with E-state index in [4.69, 9.17) is 4.74 Å². The third-order valence-corrected chi connectivity index (χ3v) is 6.71. The van der Waals surface area contributed by atoms with Crippen molar-refractivity contribution in [3.05, 3.63) is 71.3 Å². The van der Waals surface area contributed by atoms with Gasteiger partial charge in [0.15, 0.2) is 0 Å². The molecule has 2 aliphatic heterocycles. The Morgan fingerprint density at radius 3 is 2.54 bits per heavy atom. The van der Waals surface area contributed by atoms with Gasteiger partial charge in [0.25, 0.3) is 0 Å². The molecule has 0 unspecified atom stereocenters. The fourth-order valence-corrected chi connectivity index (χ4v) is 4.82. The Bertz CT molecular complexity index is 845. The van der Waals surface area contributed by atoms with E-state index in [0.717, 1.165) is 39.0 Å². The number of nitrogens with one attached hydrogen (secondary N) is 1. The van der Waals surface area contributed by atoms with Gasteiger partial charge in [0.2, 0.25) is 5.91 Å². The molecule has 28 heavy (non-hydrogen) atoms. The van der Waals surface area contributed by atoms with Crippen molar-refractivity contribution >= 4 is 5.91 Å². The van der Waals surface area contributed by atoms with Crippen molar-refractivity contribution in [2.75, 3.05) is 19.7 Å². The smallest absolute Gasteiger partial charge is 0.230 e. The number of aryl methyl sites for hydroxylation is 1. The van der Waals surface area contributed by atoms with E-state index in [1.807, 2.05) is 6.07 Å². The average Bonchev–Trinajstić information content (AvgIpc) is 3.43. The normalized spacial score (nSPS) is 28.5. The summed E-state index contributed by atoms with van der Waals surface area (Å²) in [5, 5.41) is 3.37. The van der Waals surface area contributed by atoms with E-state index in [-0.39, 0.29) is 23.5 Å². The number of fused-ring (bicyclic) bond motifs is 1. The minimum atomic E-state index is -0.292. The molecule has 5 rings (SSSR count). The van der Waals surface area contributed by atoms with Crippen molar-refractivity contribution < 1.29 is 9.53 Å². The first-order valence-electron chi connectivity index (χ1n) is 10.4. The number of hydrogen-bond donors (Lipinski definition) is 1. The third kappa shape index (κ3) is 3.25. The number of benzene rings is 2. The van der Waals surface area contributed by atoms with Gasteiger partial charge in [-0.2, -0.15) is 0 Å². The van der Waals surface area contributed by atoms with Gasteiger partial charge in [-0.3, -0.25) is 9.69 Å². The Hall–Kier alpha value is -2.17. The molecule has 2 aromatic rings. The molecule has 3 aliphatic rings. The molecule has 4 nitrogen and oxygen atoms in total. The maximum absolute atomic E-state index is 13.1. The van der Waals surface area contributed by atoms with Crippen LogP contribution in [0.15, 0.2) is 54.6 Å². The lowest BCUT2D eigenvalue weighted by Crippen LogP contribution is -2.44. The molecule has 2 saturated heterocycles. The monoisotopic (exact) mass is 376 g/mol. The highest BCUT2D eigenvalue weighted by Crippen LogP contribution is 2.48. The Morgan fingerprint density at radius 2 is 1.82 bits per heavy atom. The molecule has 1 N–H and O–H groups in total. The maximum Gasteiger partial charge on any atom is 0.230 e. The minimum absolute atomic E-state index is 0.134. The van der Waals surface area contributed by atoms with Crippen LogP contribution in [-0.4, -0.2) is 42.6 Å². The minimum Gasteiger partial charge on any atom is -0.371 e. The van der Waals surface area contributed by atoms with E-state index in [1.54, 1.807) is 0 Å². The lowest BCUT2D eigenvalue weighted by molar-refractivity contribution is -0.124. The summed E-state index contributed by atoms with van der Waals surface area (Å²) in [6.45, 7) is 4.66. The van der Waals surface area contributed by atoms with E-state index < -0.39 is 0 Å². The van der Waals surface area contributed by atoms with Gasteiger partial charge < -0.3 is 10.1 Å². The lowest BCUT2D eigenvalue weighted by Gasteiger charge is -2.35. The lowest BCUT2D eigenvalue weighted by atomic mass is 9.93. The summed E-state index contributed by atoms with van der Waals surface area (Å²) in [6.07, 6.45) is 3.04. The predicted molar refractivity (Wildman–Crippen MR) is 109 cm³/mol. The predicted octanol–water partition coefficient (Wildman–Crippen LogP) is 3.36. The van der Waals surface area contributed by atoms with E-state index in [2.05, 4.69) is 65.7 Å². The van der Waals surface area contributed by atoms with Gasteiger partial charge in [0.05, 0.1) is 18.1 Å². The number of rotatable bonds is 4. The number of amides is 1. The molecule has 4 heteroatoms. The van der Waals surface area contributed by atoms with E-state index in [9.17, 15) is 4.79 Å². The molecule has 1 amide bonds. The molecule has 0 spiro atoms. The van der Waals surface area contributed by atoms with Crippen molar-refractivity contribution in [3.8, 4) is 0 Å². The first-order valence-corrected chi connectivity index (χ1v) is 10.4. The number of nitrogens with zero attached hydrogens (tertiary/aromatic N) is 1. The van der Waals surface area contributed by atoms with Crippen molar-refractivity contribution in [1.82, 2.24) is 10.2 Å². The van der Waals surface area contributed by atoms with Crippen LogP contribution in [0.25, 0.3) is 0 Å². The highest BCUT2D eigenvalue weighted by molar-refractivity contribution is 5.91. The first kappa shape index (κ1) is 17.9. The van der Waals surface area contributed by atoms with Gasteiger partial charge in [-0.25, -0.2) is 0 Å². The van der Waals surface area contributed by atoms with Gasteiger partial charge in [0.1, 0.15) is 0 Å². The van der Waals surface area contributed by atoms with Crippen LogP contribution in [0.4, 0.5) is 0 Å². The average molecular weight is 377 g/mol. The Labute approximate surface area is 166 Å². The molecule has 2 heterocycles. The van der Waals surface area contributed by atoms with Crippen LogP contribution in [0.5, 0.6) is 0 Å². The molecular weight excluding hydrogens is 348 g/mol. The summed E-state index contributed by atoms with van der Waals surface area (Å²) in [5.74, 6) is 0.210. The van der Waals surface area contributed by atoms with E-state index in [1.165, 1.54) is 16.7 Å². The number of carbonyl (C=O) groups is 1. The molecule has 3 atom stereocenters. The summed E-state index contributed by atoms with van der Waals surface area (Å²) in [6, 6.07) is 19.6. The van der Waals surface area contributed by atoms with Gasteiger partial charge in [0, 0.05) is 25.2 Å². The number of carbonyl (C=O) groups excluding carboxylic acids is 1. The Balaban J connectivity index is 1.22. The van der Waals surface area contributed by atoms with Crippen LogP contribution in [0, 0.1) is 6.92 Å². The van der Waals surface area contributed by atoms with Crippen LogP contribution >= 0.6 is 0 Å². The van der Waals surface area contributed by atoms with Gasteiger partial charge in [-0.1, -0.05) is 60.2 Å². The summed E-state index contributed by atoms with van der Waals surface area (Å²) in [5.41, 5.74) is 3.35. The first-order chi connectivity index (χ1) is 13.6. The maximum atomic E-state index is 13.1. The summed E-state index contributed by atoms with van der Waals surface area (Å²) in [4.78, 5) is 15.6. The number of morpholine rings is 1. The zero-order chi connectivity index (χ0) is 19.1. The third-order valence-electron chi connectivity index (χ3n) is 6.71. The van der Waals surface area contributed by atoms with Crippen molar-refractivity contribution in [3.63, 3.8) is 0 Å². The topological polar surface area (TPSA) is 41.6 Å². The fourth-order valence-electron chi connectivity index (χ4n) is 4.82. The number of ether oxygens (including phenoxy) is 1. The van der Waals surface area contributed by atoms with Crippen LogP contribution in [-0.2, 0) is 14.9 Å². The highest BCUT2D eigenvalue weighted by atomic mass is 16.5. The summed E-state index contributed by atoms with van der Waals surface area (Å²) >= 11 is 0. The summed E-state index contributed by atoms with van der Waals surface area (Å²) < 4.78 is 6.14. The quantitative estimate of drug-likeness (QED) is 0.890. The van der Waals surface area contributed by atoms with Gasteiger partial charge in [-0.05, 0) is 37.3 Å². The van der Waals surface area contributed by atoms with E-state index in [0.29, 0.717) is 6.04 Å². The van der Waals surface area contributed by atoms with Gasteiger partial charge in [-0.15, -0.1) is 0 Å². The molecule has 146 valence electrons. The molecular formula is C24H28N2O2. The van der Waals surface area contributed by atoms with Crippen molar-refractivity contribution in [2.24, 2.45) is 0 Å². The fraction of sp³-hybridized carbons (Fsp3) is 0.458. The Morgan fingerprint density at radius 1 is 1.07 bits per heavy atom. The van der Waals surface area contributed by atoms with Gasteiger partial charge >= 0.3 is 0 Å². The number of hydrogen-bond acceptors (Lipinski definition) is 3. The molecule has 3 fully saturated rings. The zero-order valence-corrected chi connectivity index (χ0v) is 16.4. The van der Waals surface area contributed by atoms with Crippen LogP contribution < -0.4 is 5.32 Å². The SMILES string of the molecule is Cc1ccc(C2(C(=O)N[C@H]3C[C@H]4CO[C@@H](c5ccccc5)CN4C3)CC2)cc1. The second kappa shape index (κ2) is 7.02. The molecule has 0 aromatic heterocycles. The van der Waals surface area contributed by atoms with Crippen LogP contribution in [0.3, 0.4) is 0 Å². The second-order valence-electron chi connectivity index (χ2n) is 8.69. The second-order valence-corrected chi connectivity index (χ2v) is 8.69. The highest BCUT2D eigenvalue weighted by Gasteiger charge is 2.52. The van der Waals surface area contributed by atoms with Crippen molar-refractivity contribution in [2.45, 2.75) is 49.8 Å². The molecule has 2 aromatic carbocycles. The van der Waals surface area contributed by atoms with Crippen LogP contribution in [0.1, 0.15) is 42.1 Å². The van der Waals surface area contributed by atoms with Crippen molar-refractivity contribution in [1.29, 1.82) is 0 Å². The zero-order valence-electron chi connectivity index (χ0n) is 16.4. The molecule has 0 radical (unpaired) electrons. The molecule has 0 bridgehead atoms. The Kier molecular flexibility index (Phi) is 4.48. The largest absolute Gasteiger partial charge is 0.371 e. The van der Waals surface area contributed by atoms with E-state index >= 15 is 0 Å². The van der Waals surface area contributed by atoms with Crippen LogP contribution in [0.2, 0.25) is 0 Å².